The molecule has 1 aliphatic rings. The number of fused-ring (bicyclic) bond motifs is 1. The summed E-state index contributed by atoms with van der Waals surface area (Å²) in [5.74, 6) is -0.935. The van der Waals surface area contributed by atoms with Gasteiger partial charge in [-0.2, -0.15) is 0 Å². The molecule has 0 radical (unpaired) electrons. The highest BCUT2D eigenvalue weighted by atomic mass is 32.1. The Balaban J connectivity index is 1.40. The summed E-state index contributed by atoms with van der Waals surface area (Å²) < 4.78 is 5.54. The molecule has 3 heterocycles. The number of anilines is 2. The van der Waals surface area contributed by atoms with E-state index in [9.17, 15) is 14.4 Å². The molecule has 0 aliphatic carbocycles. The van der Waals surface area contributed by atoms with Crippen LogP contribution in [0.4, 0.5) is 10.7 Å². The Bertz CT molecular complexity index is 1380. The summed E-state index contributed by atoms with van der Waals surface area (Å²) in [4.78, 5) is 44.1. The number of thiophene rings is 1. The summed E-state index contributed by atoms with van der Waals surface area (Å²) in [5, 5.41) is 5.00. The largest absolute Gasteiger partial charge is 0.482 e. The lowest BCUT2D eigenvalue weighted by atomic mass is 10.1. The van der Waals surface area contributed by atoms with E-state index in [0.29, 0.717) is 16.4 Å². The number of nitrogens with one attached hydrogen (secondary N) is 1. The number of rotatable bonds is 6. The molecule has 5 rings (SSSR count). The lowest BCUT2D eigenvalue weighted by molar-refractivity contribution is -0.123. The zero-order chi connectivity index (χ0) is 23.7. The second-order valence-electron chi connectivity index (χ2n) is 7.46. The number of benzene rings is 2. The first-order valence-corrected chi connectivity index (χ1v) is 12.0. The number of hydrogen-bond donors (Lipinski definition) is 2. The molecule has 0 spiro atoms. The van der Waals surface area contributed by atoms with Crippen LogP contribution in [0.15, 0.2) is 65.5 Å². The first kappa shape index (κ1) is 21.8. The smallest absolute Gasteiger partial charge is 0.265 e. The van der Waals surface area contributed by atoms with Gasteiger partial charge in [0.2, 0.25) is 5.91 Å². The summed E-state index contributed by atoms with van der Waals surface area (Å²) in [5.41, 5.74) is 10.5. The highest BCUT2D eigenvalue weighted by molar-refractivity contribution is 7.20. The zero-order valence-electron chi connectivity index (χ0n) is 17.7. The van der Waals surface area contributed by atoms with Gasteiger partial charge in [-0.3, -0.25) is 19.3 Å². The Morgan fingerprint density at radius 1 is 1.12 bits per heavy atom. The van der Waals surface area contributed by atoms with Crippen molar-refractivity contribution >= 4 is 51.1 Å². The Morgan fingerprint density at radius 2 is 1.94 bits per heavy atom. The standard InChI is InChI=1S/C24H18N4O4S2/c25-23(31)16-9-20(14-4-2-1-3-5-14)34-24(16)27-21(29)10-28-18-8-15(17-12-33-13-26-17)6-7-19(18)32-11-22(28)30/h1-9,12-13H,10-11H2,(H2,25,31)(H,27,29). The first-order valence-electron chi connectivity index (χ1n) is 10.2. The van der Waals surface area contributed by atoms with E-state index in [1.807, 2.05) is 41.8 Å². The molecule has 34 heavy (non-hydrogen) atoms. The molecule has 0 unspecified atom stereocenters. The molecular weight excluding hydrogens is 472 g/mol. The molecule has 3 N–H and O–H groups in total. The van der Waals surface area contributed by atoms with Crippen LogP contribution in [0, 0.1) is 0 Å². The van der Waals surface area contributed by atoms with Gasteiger partial charge in [0.05, 0.1) is 22.5 Å². The molecule has 0 saturated heterocycles. The van der Waals surface area contributed by atoms with E-state index in [-0.39, 0.29) is 24.6 Å². The van der Waals surface area contributed by atoms with E-state index in [2.05, 4.69) is 10.3 Å². The summed E-state index contributed by atoms with van der Waals surface area (Å²) in [6.45, 7) is -0.410. The number of carbonyl (C=O) groups is 3. The zero-order valence-corrected chi connectivity index (χ0v) is 19.3. The SMILES string of the molecule is NC(=O)c1cc(-c2ccccc2)sc1NC(=O)CN1C(=O)COc2ccc(-c3cscn3)cc21. The summed E-state index contributed by atoms with van der Waals surface area (Å²) in [6.07, 6.45) is 0. The molecule has 8 nitrogen and oxygen atoms in total. The fraction of sp³-hybridized carbons (Fsp3) is 0.0833. The topological polar surface area (TPSA) is 115 Å². The van der Waals surface area contributed by atoms with Crippen LogP contribution in [-0.2, 0) is 9.59 Å². The van der Waals surface area contributed by atoms with Gasteiger partial charge in [-0.25, -0.2) is 4.98 Å². The molecule has 0 fully saturated rings. The number of hydrogen-bond acceptors (Lipinski definition) is 7. The number of thiazole rings is 1. The fourth-order valence-corrected chi connectivity index (χ4v) is 5.26. The van der Waals surface area contributed by atoms with Crippen molar-refractivity contribution in [2.24, 2.45) is 5.73 Å². The number of nitrogens with two attached hydrogens (primary N) is 1. The maximum absolute atomic E-state index is 13.0. The van der Waals surface area contributed by atoms with E-state index in [0.717, 1.165) is 21.7 Å². The maximum Gasteiger partial charge on any atom is 0.265 e. The monoisotopic (exact) mass is 490 g/mol. The van der Waals surface area contributed by atoms with Crippen LogP contribution >= 0.6 is 22.7 Å². The number of primary amides is 1. The Labute approximate surface area is 202 Å². The van der Waals surface area contributed by atoms with Crippen LogP contribution in [-0.4, -0.2) is 35.9 Å². The lowest BCUT2D eigenvalue weighted by Crippen LogP contribution is -2.43. The predicted octanol–water partition coefficient (Wildman–Crippen LogP) is 4.00. The van der Waals surface area contributed by atoms with Crippen LogP contribution in [0.2, 0.25) is 0 Å². The Kier molecular flexibility index (Phi) is 5.83. The minimum absolute atomic E-state index is 0.167. The van der Waals surface area contributed by atoms with Gasteiger partial charge in [-0.1, -0.05) is 30.3 Å². The molecule has 0 saturated carbocycles. The summed E-state index contributed by atoms with van der Waals surface area (Å²) in [6, 6.07) is 16.5. The quantitative estimate of drug-likeness (QED) is 0.424. The normalized spacial score (nSPS) is 12.7. The summed E-state index contributed by atoms with van der Waals surface area (Å²) in [7, 11) is 0. The van der Waals surface area contributed by atoms with Crippen molar-refractivity contribution < 1.29 is 19.1 Å². The van der Waals surface area contributed by atoms with Crippen molar-refractivity contribution in [3.05, 3.63) is 71.1 Å². The average Bonchev–Trinajstić information content (AvgIpc) is 3.52. The third-order valence-corrected chi connectivity index (χ3v) is 6.93. The molecule has 2 aromatic heterocycles. The number of nitrogens with zero attached hydrogens (tertiary/aromatic N) is 2. The van der Waals surface area contributed by atoms with Gasteiger partial charge in [0.15, 0.2) is 6.61 Å². The van der Waals surface area contributed by atoms with Crippen molar-refractivity contribution in [2.75, 3.05) is 23.4 Å². The van der Waals surface area contributed by atoms with Crippen molar-refractivity contribution in [3.8, 4) is 27.4 Å². The molecule has 0 atom stereocenters. The van der Waals surface area contributed by atoms with E-state index < -0.39 is 11.8 Å². The summed E-state index contributed by atoms with van der Waals surface area (Å²) >= 11 is 2.72. The van der Waals surface area contributed by atoms with Crippen molar-refractivity contribution in [1.29, 1.82) is 0 Å². The van der Waals surface area contributed by atoms with Gasteiger partial charge in [0, 0.05) is 15.8 Å². The van der Waals surface area contributed by atoms with E-state index >= 15 is 0 Å². The second-order valence-corrected chi connectivity index (χ2v) is 9.23. The maximum atomic E-state index is 13.0. The first-order chi connectivity index (χ1) is 16.5. The molecule has 3 amide bonds. The Morgan fingerprint density at radius 3 is 2.68 bits per heavy atom. The molecule has 4 aromatic rings. The molecule has 10 heteroatoms. The third kappa shape index (κ3) is 4.28. The highest BCUT2D eigenvalue weighted by Gasteiger charge is 2.28. The molecule has 0 bridgehead atoms. The third-order valence-electron chi connectivity index (χ3n) is 5.24. The van der Waals surface area contributed by atoms with Gasteiger partial charge in [-0.15, -0.1) is 22.7 Å². The van der Waals surface area contributed by atoms with E-state index in [4.69, 9.17) is 10.5 Å². The van der Waals surface area contributed by atoms with E-state index in [1.165, 1.54) is 27.6 Å². The molecular formula is C24H18N4O4S2. The van der Waals surface area contributed by atoms with Gasteiger partial charge < -0.3 is 15.8 Å². The van der Waals surface area contributed by atoms with Gasteiger partial charge in [0.1, 0.15) is 17.3 Å². The number of aromatic nitrogens is 1. The van der Waals surface area contributed by atoms with Crippen LogP contribution < -0.4 is 20.7 Å². The number of amides is 3. The van der Waals surface area contributed by atoms with Crippen molar-refractivity contribution in [2.45, 2.75) is 0 Å². The lowest BCUT2D eigenvalue weighted by Gasteiger charge is -2.29. The van der Waals surface area contributed by atoms with Crippen LogP contribution in [0.25, 0.3) is 21.7 Å². The average molecular weight is 491 g/mol. The minimum Gasteiger partial charge on any atom is -0.482 e. The minimum atomic E-state index is -0.644. The van der Waals surface area contributed by atoms with Crippen molar-refractivity contribution in [1.82, 2.24) is 4.98 Å². The Hall–Kier alpha value is -4.02. The highest BCUT2D eigenvalue weighted by Crippen LogP contribution is 2.37. The molecule has 170 valence electrons. The second kappa shape index (κ2) is 9.08. The van der Waals surface area contributed by atoms with Crippen LogP contribution in [0.3, 0.4) is 0 Å². The number of ether oxygens (including phenoxy) is 1. The molecule has 1 aliphatic heterocycles. The van der Waals surface area contributed by atoms with Gasteiger partial charge >= 0.3 is 0 Å². The van der Waals surface area contributed by atoms with Crippen molar-refractivity contribution in [3.63, 3.8) is 0 Å². The predicted molar refractivity (Wildman–Crippen MR) is 132 cm³/mol. The number of carbonyl (C=O) groups excluding carboxylic acids is 3. The van der Waals surface area contributed by atoms with Gasteiger partial charge in [0.25, 0.3) is 11.8 Å². The fourth-order valence-electron chi connectivity index (χ4n) is 3.61. The van der Waals surface area contributed by atoms with Crippen LogP contribution in [0.1, 0.15) is 10.4 Å². The van der Waals surface area contributed by atoms with E-state index in [1.54, 1.807) is 23.7 Å². The van der Waals surface area contributed by atoms with Crippen LogP contribution in [0.5, 0.6) is 5.75 Å². The molecule has 2 aromatic carbocycles. The van der Waals surface area contributed by atoms with Gasteiger partial charge in [-0.05, 0) is 29.8 Å².